The molecular weight excluding hydrogens is 331 g/mol. The molecule has 124 valence electrons. The van der Waals surface area contributed by atoms with Crippen molar-refractivity contribution in [1.82, 2.24) is 9.71 Å². The summed E-state index contributed by atoms with van der Waals surface area (Å²) in [7, 11) is -3.74. The number of nitrogens with zero attached hydrogens (tertiary/aromatic N) is 1. The van der Waals surface area contributed by atoms with Crippen LogP contribution >= 0.6 is 0 Å². The Kier molecular flexibility index (Phi) is 4.46. The van der Waals surface area contributed by atoms with E-state index in [0.717, 1.165) is 11.6 Å². The van der Waals surface area contributed by atoms with Gasteiger partial charge in [0, 0.05) is 24.5 Å². The van der Waals surface area contributed by atoms with Crippen LogP contribution in [0.4, 0.5) is 4.39 Å². The third kappa shape index (κ3) is 3.52. The van der Waals surface area contributed by atoms with Crippen molar-refractivity contribution in [2.75, 3.05) is 0 Å². The number of aromatic nitrogens is 1. The Morgan fingerprint density at radius 1 is 1.21 bits per heavy atom. The van der Waals surface area contributed by atoms with Gasteiger partial charge in [-0.25, -0.2) is 17.5 Å². The second-order valence-electron chi connectivity index (χ2n) is 5.29. The molecule has 5 nitrogen and oxygen atoms in total. The number of benzene rings is 1. The first-order valence-electron chi connectivity index (χ1n) is 7.19. The summed E-state index contributed by atoms with van der Waals surface area (Å²) in [6.45, 7) is 1.62. The van der Waals surface area contributed by atoms with Gasteiger partial charge in [-0.2, -0.15) is 0 Å². The van der Waals surface area contributed by atoms with Gasteiger partial charge in [-0.15, -0.1) is 0 Å². The van der Waals surface area contributed by atoms with Gasteiger partial charge in [-0.3, -0.25) is 4.98 Å². The fourth-order valence-corrected chi connectivity index (χ4v) is 3.57. The Labute approximate surface area is 139 Å². The maximum absolute atomic E-state index is 13.1. The predicted molar refractivity (Wildman–Crippen MR) is 87.1 cm³/mol. The smallest absolute Gasteiger partial charge is 0.241 e. The van der Waals surface area contributed by atoms with E-state index in [4.69, 9.17) is 4.42 Å². The number of rotatable bonds is 5. The van der Waals surface area contributed by atoms with Gasteiger partial charge in [0.2, 0.25) is 10.0 Å². The van der Waals surface area contributed by atoms with E-state index in [9.17, 15) is 12.8 Å². The highest BCUT2D eigenvalue weighted by Crippen LogP contribution is 2.20. The van der Waals surface area contributed by atoms with Crippen LogP contribution < -0.4 is 4.72 Å². The van der Waals surface area contributed by atoms with Crippen LogP contribution in [0.25, 0.3) is 11.3 Å². The number of furan rings is 1. The van der Waals surface area contributed by atoms with Crippen LogP contribution in [0.3, 0.4) is 0 Å². The van der Waals surface area contributed by atoms with E-state index < -0.39 is 15.8 Å². The monoisotopic (exact) mass is 346 g/mol. The molecule has 0 amide bonds. The minimum Gasteiger partial charge on any atom is -0.464 e. The van der Waals surface area contributed by atoms with Gasteiger partial charge in [0.25, 0.3) is 0 Å². The molecule has 0 aliphatic heterocycles. The predicted octanol–water partition coefficient (Wildman–Crippen LogP) is 3.27. The number of sulfonamides is 1. The molecule has 0 saturated carbocycles. The van der Waals surface area contributed by atoms with Gasteiger partial charge >= 0.3 is 0 Å². The molecule has 1 aromatic carbocycles. The number of nitrogens with one attached hydrogen (secondary N) is 1. The second-order valence-corrected chi connectivity index (χ2v) is 7.03. The summed E-state index contributed by atoms with van der Waals surface area (Å²) in [5.74, 6) is 0.184. The summed E-state index contributed by atoms with van der Waals surface area (Å²) in [6, 6.07) is 8.93. The molecule has 0 atom stereocenters. The number of pyridine rings is 1. The Morgan fingerprint density at radius 2 is 2.04 bits per heavy atom. The summed E-state index contributed by atoms with van der Waals surface area (Å²) in [5, 5.41) is 0. The maximum atomic E-state index is 13.1. The molecule has 0 aliphatic rings. The SMILES string of the molecule is Cc1cc(F)ccc1S(=O)(=O)NCc1cncc(-c2ccco2)c1. The van der Waals surface area contributed by atoms with E-state index in [1.807, 2.05) is 0 Å². The highest BCUT2D eigenvalue weighted by Gasteiger charge is 2.17. The summed E-state index contributed by atoms with van der Waals surface area (Å²) in [5.41, 5.74) is 1.80. The molecule has 3 rings (SSSR count). The number of hydrogen-bond acceptors (Lipinski definition) is 4. The molecule has 0 bridgehead atoms. The first-order valence-corrected chi connectivity index (χ1v) is 8.68. The zero-order valence-electron chi connectivity index (χ0n) is 12.9. The van der Waals surface area contributed by atoms with Crippen LogP contribution in [-0.2, 0) is 16.6 Å². The number of hydrogen-bond donors (Lipinski definition) is 1. The lowest BCUT2D eigenvalue weighted by Gasteiger charge is -2.09. The van der Waals surface area contributed by atoms with Crippen molar-refractivity contribution in [3.05, 3.63) is 72.0 Å². The molecule has 0 unspecified atom stereocenters. The second kappa shape index (κ2) is 6.54. The molecule has 2 aromatic heterocycles. The molecular formula is C17H15FN2O3S. The van der Waals surface area contributed by atoms with Gasteiger partial charge in [0.05, 0.1) is 11.2 Å². The summed E-state index contributed by atoms with van der Waals surface area (Å²) in [4.78, 5) is 4.15. The Hall–Kier alpha value is -2.51. The van der Waals surface area contributed by atoms with Crippen LogP contribution in [0.5, 0.6) is 0 Å². The molecule has 3 aromatic rings. The lowest BCUT2D eigenvalue weighted by atomic mass is 10.2. The molecule has 0 fully saturated rings. The Morgan fingerprint density at radius 3 is 2.75 bits per heavy atom. The van der Waals surface area contributed by atoms with Crippen molar-refractivity contribution >= 4 is 10.0 Å². The zero-order chi connectivity index (χ0) is 17.2. The summed E-state index contributed by atoms with van der Waals surface area (Å²) < 4.78 is 45.7. The fraction of sp³-hybridized carbons (Fsp3) is 0.118. The van der Waals surface area contributed by atoms with Crippen molar-refractivity contribution in [3.8, 4) is 11.3 Å². The number of halogens is 1. The zero-order valence-corrected chi connectivity index (χ0v) is 13.7. The molecule has 0 spiro atoms. The highest BCUT2D eigenvalue weighted by atomic mass is 32.2. The van der Waals surface area contributed by atoms with Crippen molar-refractivity contribution in [3.63, 3.8) is 0 Å². The molecule has 24 heavy (non-hydrogen) atoms. The van der Waals surface area contributed by atoms with Gasteiger partial charge < -0.3 is 4.42 Å². The maximum Gasteiger partial charge on any atom is 0.241 e. The van der Waals surface area contributed by atoms with Crippen LogP contribution in [0.1, 0.15) is 11.1 Å². The minimum atomic E-state index is -3.74. The van der Waals surface area contributed by atoms with Gasteiger partial charge in [-0.1, -0.05) is 0 Å². The van der Waals surface area contributed by atoms with Crippen molar-refractivity contribution in [2.24, 2.45) is 0 Å². The first kappa shape index (κ1) is 16.4. The van der Waals surface area contributed by atoms with E-state index in [1.54, 1.807) is 43.8 Å². The topological polar surface area (TPSA) is 72.2 Å². The lowest BCUT2D eigenvalue weighted by Crippen LogP contribution is -2.24. The highest BCUT2D eigenvalue weighted by molar-refractivity contribution is 7.89. The van der Waals surface area contributed by atoms with Crippen molar-refractivity contribution in [1.29, 1.82) is 0 Å². The van der Waals surface area contributed by atoms with E-state index in [0.29, 0.717) is 16.9 Å². The molecule has 1 N–H and O–H groups in total. The Balaban J connectivity index is 1.79. The van der Waals surface area contributed by atoms with Gasteiger partial charge in [0.15, 0.2) is 0 Å². The standard InChI is InChI=1S/C17H15FN2O3S/c1-12-7-15(18)4-5-17(12)24(21,22)20-10-13-8-14(11-19-9-13)16-3-2-6-23-16/h2-9,11,20H,10H2,1H3. The fourth-order valence-electron chi connectivity index (χ4n) is 2.33. The molecule has 0 aliphatic carbocycles. The van der Waals surface area contributed by atoms with Gasteiger partial charge in [0.1, 0.15) is 11.6 Å². The van der Waals surface area contributed by atoms with Crippen LogP contribution in [0.15, 0.2) is 64.4 Å². The third-order valence-electron chi connectivity index (χ3n) is 3.49. The van der Waals surface area contributed by atoms with Crippen LogP contribution in [0, 0.1) is 12.7 Å². The number of aryl methyl sites for hydroxylation is 1. The van der Waals surface area contributed by atoms with E-state index >= 15 is 0 Å². The summed E-state index contributed by atoms with van der Waals surface area (Å²) in [6.07, 6.45) is 4.77. The third-order valence-corrected chi connectivity index (χ3v) is 5.05. The normalized spacial score (nSPS) is 11.6. The van der Waals surface area contributed by atoms with Gasteiger partial charge in [-0.05, 0) is 54.4 Å². The summed E-state index contributed by atoms with van der Waals surface area (Å²) >= 11 is 0. The average Bonchev–Trinajstić information content (AvgIpc) is 3.07. The largest absolute Gasteiger partial charge is 0.464 e. The van der Waals surface area contributed by atoms with Crippen LogP contribution in [0.2, 0.25) is 0 Å². The average molecular weight is 346 g/mol. The van der Waals surface area contributed by atoms with Crippen molar-refractivity contribution in [2.45, 2.75) is 18.4 Å². The quantitative estimate of drug-likeness (QED) is 0.770. The Bertz CT molecular complexity index is 954. The lowest BCUT2D eigenvalue weighted by molar-refractivity contribution is 0.579. The van der Waals surface area contributed by atoms with E-state index in [2.05, 4.69) is 9.71 Å². The molecule has 0 saturated heterocycles. The van der Waals surface area contributed by atoms with E-state index in [-0.39, 0.29) is 11.4 Å². The first-order chi connectivity index (χ1) is 11.5. The molecule has 0 radical (unpaired) electrons. The van der Waals surface area contributed by atoms with Crippen molar-refractivity contribution < 1.29 is 17.2 Å². The van der Waals surface area contributed by atoms with Crippen LogP contribution in [-0.4, -0.2) is 13.4 Å². The molecule has 7 heteroatoms. The van der Waals surface area contributed by atoms with E-state index in [1.165, 1.54) is 12.1 Å². The minimum absolute atomic E-state index is 0.0547. The molecule has 2 heterocycles.